The summed E-state index contributed by atoms with van der Waals surface area (Å²) in [5.74, 6) is 1.61. The van der Waals surface area contributed by atoms with E-state index in [-0.39, 0.29) is 68.9 Å². The predicted octanol–water partition coefficient (Wildman–Crippen LogP) is 0.305. The largest absolute Gasteiger partial charge is 1.00 e. The van der Waals surface area contributed by atoms with Gasteiger partial charge in [0, 0.05) is 24.5 Å². The van der Waals surface area contributed by atoms with Gasteiger partial charge in [0.15, 0.2) is 0 Å². The van der Waals surface area contributed by atoms with Crippen molar-refractivity contribution in [2.24, 2.45) is 5.92 Å². The van der Waals surface area contributed by atoms with Gasteiger partial charge >= 0.3 is 68.9 Å². The Kier molecular flexibility index (Phi) is 8.53. The van der Waals surface area contributed by atoms with Gasteiger partial charge in [0.25, 0.3) is 0 Å². The first-order valence-corrected chi connectivity index (χ1v) is 8.38. The van der Waals surface area contributed by atoms with E-state index in [0.717, 1.165) is 38.5 Å². The smallest absolute Gasteiger partial charge is 0.542 e. The third-order valence-electron chi connectivity index (χ3n) is 3.75. The van der Waals surface area contributed by atoms with E-state index >= 15 is 0 Å². The molecule has 2 aliphatic rings. The van der Waals surface area contributed by atoms with E-state index in [0.29, 0.717) is 11.4 Å². The second-order valence-electron chi connectivity index (χ2n) is 5.50. The van der Waals surface area contributed by atoms with E-state index in [4.69, 9.17) is 9.47 Å². The molecule has 0 N–H and O–H groups in total. The van der Waals surface area contributed by atoms with Crippen LogP contribution in [0.5, 0.6) is 0 Å². The molecule has 2 saturated heterocycles. The van der Waals surface area contributed by atoms with Crippen LogP contribution in [0.2, 0.25) is 0 Å². The fourth-order valence-corrected chi connectivity index (χ4v) is 3.74. The van der Waals surface area contributed by atoms with E-state index in [1.807, 2.05) is 18.4 Å². The summed E-state index contributed by atoms with van der Waals surface area (Å²) in [6, 6.07) is 8.87. The zero-order valence-electron chi connectivity index (χ0n) is 13.0. The molecule has 2 fully saturated rings. The van der Waals surface area contributed by atoms with Gasteiger partial charge in [-0.1, -0.05) is 19.1 Å². The topological polar surface area (TPSA) is 21.7 Å². The Morgan fingerprint density at radius 1 is 1.33 bits per heavy atom. The van der Waals surface area contributed by atoms with Crippen molar-refractivity contribution < 1.29 is 78.4 Å². The Hall–Kier alpha value is 1.34. The molecule has 0 radical (unpaired) electrons. The summed E-state index contributed by atoms with van der Waals surface area (Å²) in [5, 5.41) is 0. The van der Waals surface area contributed by atoms with Crippen LogP contribution in [0.1, 0.15) is 18.9 Å². The van der Waals surface area contributed by atoms with Crippen LogP contribution in [-0.2, 0) is 15.2 Å². The van der Waals surface area contributed by atoms with Gasteiger partial charge in [0.2, 0.25) is 0 Å². The van der Waals surface area contributed by atoms with Crippen molar-refractivity contribution >= 4 is 17.4 Å². The zero-order valence-corrected chi connectivity index (χ0v) is 20.1. The summed E-state index contributed by atoms with van der Waals surface area (Å²) in [4.78, 5) is 2.40. The average molecular weight is 425 g/mol. The van der Waals surface area contributed by atoms with Gasteiger partial charge in [-0.3, -0.25) is 0 Å². The second-order valence-corrected chi connectivity index (χ2v) is 6.64. The molecule has 21 heavy (non-hydrogen) atoms. The average Bonchev–Trinajstić information content (AvgIpc) is 2.92. The van der Waals surface area contributed by atoms with Gasteiger partial charge in [-0.05, 0) is 24.1 Å². The summed E-state index contributed by atoms with van der Waals surface area (Å²) >= 11 is 1.90. The molecule has 1 unspecified atom stereocenters. The van der Waals surface area contributed by atoms with Gasteiger partial charge < -0.3 is 14.4 Å². The maximum atomic E-state index is 5.64. The van der Waals surface area contributed by atoms with Crippen molar-refractivity contribution in [1.29, 1.82) is 0 Å². The molecule has 0 aromatic heterocycles. The molecular weight excluding hydrogens is 403 g/mol. The van der Waals surface area contributed by atoms with E-state index in [9.17, 15) is 0 Å². The van der Waals surface area contributed by atoms with Crippen LogP contribution in [-0.4, -0.2) is 31.7 Å². The molecule has 0 spiro atoms. The van der Waals surface area contributed by atoms with Crippen LogP contribution >= 0.6 is 11.8 Å². The quantitative estimate of drug-likeness (QED) is 0.648. The predicted molar refractivity (Wildman–Crippen MR) is 83.7 cm³/mol. The molecule has 5 heteroatoms. The van der Waals surface area contributed by atoms with Crippen molar-refractivity contribution in [2.45, 2.75) is 24.5 Å². The number of morpholine rings is 1. The minimum absolute atomic E-state index is 0. The van der Waals surface area contributed by atoms with Crippen LogP contribution < -0.4 is 73.8 Å². The number of anilines is 1. The van der Waals surface area contributed by atoms with Crippen molar-refractivity contribution in [1.82, 2.24) is 0 Å². The van der Waals surface area contributed by atoms with Crippen LogP contribution in [0.15, 0.2) is 24.3 Å². The van der Waals surface area contributed by atoms with Crippen LogP contribution in [0.4, 0.5) is 5.69 Å². The molecule has 0 aliphatic carbocycles. The number of benzene rings is 1. The molecular formula is C16H22CsNO2S. The third-order valence-corrected chi connectivity index (χ3v) is 4.92. The molecule has 2 heterocycles. The SMILES string of the molecule is C[C@H]1[CH-]OC(SCc2cccc(N3CCOCC3)c2)C1.[Cs+]. The number of rotatable bonds is 4. The third kappa shape index (κ3) is 5.73. The van der Waals surface area contributed by atoms with E-state index in [2.05, 4.69) is 36.1 Å². The minimum atomic E-state index is 0. The maximum absolute atomic E-state index is 5.64. The fourth-order valence-electron chi connectivity index (χ4n) is 2.60. The molecule has 0 amide bonds. The van der Waals surface area contributed by atoms with Crippen molar-refractivity contribution in [2.75, 3.05) is 31.2 Å². The summed E-state index contributed by atoms with van der Waals surface area (Å²) < 4.78 is 11.1. The van der Waals surface area contributed by atoms with E-state index < -0.39 is 0 Å². The Morgan fingerprint density at radius 2 is 2.14 bits per heavy atom. The maximum Gasteiger partial charge on any atom is 1.00 e. The van der Waals surface area contributed by atoms with Crippen molar-refractivity contribution in [3.8, 4) is 0 Å². The minimum Gasteiger partial charge on any atom is -0.542 e. The molecule has 0 saturated carbocycles. The molecule has 1 aromatic carbocycles. The fraction of sp³-hybridized carbons (Fsp3) is 0.562. The number of hydrogen-bond donors (Lipinski definition) is 0. The van der Waals surface area contributed by atoms with Crippen LogP contribution in [0, 0.1) is 12.5 Å². The standard InChI is InChI=1S/C16H22NO2S.Cs/c1-13-9-16(19-11-13)20-12-14-3-2-4-15(10-14)17-5-7-18-8-6-17;/h2-4,10-11,13,16H,5-9,12H2,1H3;/q-1;+1/t13-,16?;/m1./s1. The zero-order chi connectivity index (χ0) is 13.8. The van der Waals surface area contributed by atoms with Gasteiger partial charge in [-0.25, -0.2) is 6.61 Å². The Balaban J connectivity index is 0.00000161. The number of thioether (sulfide) groups is 1. The Bertz CT molecular complexity index is 440. The van der Waals surface area contributed by atoms with Crippen molar-refractivity contribution in [3.63, 3.8) is 0 Å². The molecule has 1 aromatic rings. The number of ether oxygens (including phenoxy) is 2. The molecule has 3 rings (SSSR count). The Morgan fingerprint density at radius 3 is 2.86 bits per heavy atom. The monoisotopic (exact) mass is 425 g/mol. The first-order valence-electron chi connectivity index (χ1n) is 7.33. The van der Waals surface area contributed by atoms with Gasteiger partial charge in [0.05, 0.1) is 18.6 Å². The number of hydrogen-bond acceptors (Lipinski definition) is 4. The van der Waals surface area contributed by atoms with Crippen molar-refractivity contribution in [3.05, 3.63) is 36.4 Å². The first-order chi connectivity index (χ1) is 9.81. The summed E-state index contributed by atoms with van der Waals surface area (Å²) in [6.45, 7) is 7.84. The van der Waals surface area contributed by atoms with Gasteiger partial charge in [-0.15, -0.1) is 17.7 Å². The number of nitrogens with zero attached hydrogens (tertiary/aromatic N) is 1. The van der Waals surface area contributed by atoms with Gasteiger partial charge in [0.1, 0.15) is 0 Å². The summed E-state index contributed by atoms with van der Waals surface area (Å²) in [6.07, 6.45) is 1.13. The molecule has 0 bridgehead atoms. The summed E-state index contributed by atoms with van der Waals surface area (Å²) in [7, 11) is 0. The van der Waals surface area contributed by atoms with Gasteiger partial charge in [-0.2, -0.15) is 0 Å². The van der Waals surface area contributed by atoms with Crippen LogP contribution in [0.25, 0.3) is 0 Å². The summed E-state index contributed by atoms with van der Waals surface area (Å²) in [5.41, 5.74) is 3.03. The molecule has 110 valence electrons. The first kappa shape index (κ1) is 18.7. The van der Waals surface area contributed by atoms with E-state index in [1.54, 1.807) is 0 Å². The van der Waals surface area contributed by atoms with E-state index in [1.165, 1.54) is 11.3 Å². The molecule has 2 atom stereocenters. The Labute approximate surface area is 190 Å². The second kappa shape index (κ2) is 9.59. The van der Waals surface area contributed by atoms with Crippen LogP contribution in [0.3, 0.4) is 0 Å². The molecule has 3 nitrogen and oxygen atoms in total. The normalized spacial score (nSPS) is 25.7. The molecule has 2 aliphatic heterocycles.